The molecule has 0 amide bonds. The zero-order valence-electron chi connectivity index (χ0n) is 21.1. The van der Waals surface area contributed by atoms with Gasteiger partial charge in [0.25, 0.3) is 0 Å². The van der Waals surface area contributed by atoms with Crippen molar-refractivity contribution in [1.29, 1.82) is 0 Å². The van der Waals surface area contributed by atoms with Crippen LogP contribution in [-0.2, 0) is 32.8 Å². The van der Waals surface area contributed by atoms with Crippen LogP contribution in [0.15, 0.2) is 89.2 Å². The highest BCUT2D eigenvalue weighted by Crippen LogP contribution is 2.33. The summed E-state index contributed by atoms with van der Waals surface area (Å²) < 4.78 is 48.4. The molecule has 1 aliphatic heterocycles. The van der Waals surface area contributed by atoms with E-state index in [0.717, 1.165) is 32.5 Å². The summed E-state index contributed by atoms with van der Waals surface area (Å²) in [5.74, 6) is 0.0895. The summed E-state index contributed by atoms with van der Waals surface area (Å²) in [6, 6.07) is 15.1. The molecule has 2 aromatic carbocycles. The quantitative estimate of drug-likeness (QED) is 0.265. The Bertz CT molecular complexity index is 1700. The molecule has 0 saturated carbocycles. The van der Waals surface area contributed by atoms with Crippen molar-refractivity contribution >= 4 is 53.5 Å². The maximum atomic E-state index is 12.9. The molecule has 5 rings (SSSR count). The van der Waals surface area contributed by atoms with Crippen LogP contribution in [0.4, 0.5) is 16.4 Å². The standard InChI is InChI=1S/C27H27N5O4S3/c1-38(33,34)14-12-28-17-26-30-18-27(37-26)32-13-11-20-15-29-16-25(24(20)19-32)31-21-7-9-23(10-8-21)39(35,36)22-5-3-2-4-6-22/h2-11,13,15-16,18,28,31H,12,14,17,19H2,1H3. The molecule has 4 aromatic rings. The smallest absolute Gasteiger partial charge is 0.206 e. The monoisotopic (exact) mass is 581 g/mol. The number of aromatic nitrogens is 2. The maximum Gasteiger partial charge on any atom is 0.206 e. The highest BCUT2D eigenvalue weighted by atomic mass is 32.2. The summed E-state index contributed by atoms with van der Waals surface area (Å²) in [4.78, 5) is 11.4. The number of anilines is 3. The van der Waals surface area contributed by atoms with Gasteiger partial charge in [0.2, 0.25) is 9.84 Å². The number of fused-ring (bicyclic) bond motifs is 1. The van der Waals surface area contributed by atoms with Crippen LogP contribution in [0.5, 0.6) is 0 Å². The fraction of sp³-hybridized carbons (Fsp3) is 0.185. The van der Waals surface area contributed by atoms with Crippen molar-refractivity contribution in [2.75, 3.05) is 28.8 Å². The molecule has 0 radical (unpaired) electrons. The van der Waals surface area contributed by atoms with Gasteiger partial charge in [-0.15, -0.1) is 0 Å². The number of hydrogen-bond donors (Lipinski definition) is 2. The van der Waals surface area contributed by atoms with E-state index >= 15 is 0 Å². The molecule has 0 spiro atoms. The van der Waals surface area contributed by atoms with Crippen molar-refractivity contribution in [1.82, 2.24) is 15.3 Å². The lowest BCUT2D eigenvalue weighted by molar-refractivity contribution is 0.594. The molecule has 9 nitrogen and oxygen atoms in total. The third-order valence-corrected chi connectivity index (χ3v) is 9.87. The minimum Gasteiger partial charge on any atom is -0.354 e. The highest BCUT2D eigenvalue weighted by Gasteiger charge is 2.20. The summed E-state index contributed by atoms with van der Waals surface area (Å²) in [7, 11) is -6.59. The number of nitrogens with zero attached hydrogens (tertiary/aromatic N) is 3. The first kappa shape index (κ1) is 27.0. The Morgan fingerprint density at radius 2 is 1.69 bits per heavy atom. The molecule has 0 saturated heterocycles. The summed E-state index contributed by atoms with van der Waals surface area (Å²) in [6.45, 7) is 1.48. The maximum absolute atomic E-state index is 12.9. The van der Waals surface area contributed by atoms with Crippen LogP contribution in [0.25, 0.3) is 6.08 Å². The minimum atomic E-state index is -3.59. The number of benzene rings is 2. The molecule has 39 heavy (non-hydrogen) atoms. The number of hydrogen-bond acceptors (Lipinski definition) is 10. The first-order valence-electron chi connectivity index (χ1n) is 12.1. The van der Waals surface area contributed by atoms with Gasteiger partial charge in [0.05, 0.1) is 40.2 Å². The van der Waals surface area contributed by atoms with Crippen LogP contribution in [-0.4, -0.2) is 45.4 Å². The second kappa shape index (κ2) is 11.3. The van der Waals surface area contributed by atoms with Gasteiger partial charge in [0.15, 0.2) is 0 Å². The zero-order valence-corrected chi connectivity index (χ0v) is 23.6. The Morgan fingerprint density at radius 1 is 0.949 bits per heavy atom. The molecule has 1 aliphatic rings. The van der Waals surface area contributed by atoms with Crippen molar-refractivity contribution in [2.24, 2.45) is 0 Å². The fourth-order valence-corrected chi connectivity index (χ4v) is 6.72. The van der Waals surface area contributed by atoms with Crippen molar-refractivity contribution in [2.45, 2.75) is 22.9 Å². The van der Waals surface area contributed by atoms with Gasteiger partial charge in [-0.1, -0.05) is 29.5 Å². The summed E-state index contributed by atoms with van der Waals surface area (Å²) >= 11 is 1.54. The summed E-state index contributed by atoms with van der Waals surface area (Å²) in [5.41, 5.74) is 3.62. The number of nitrogens with one attached hydrogen (secondary N) is 2. The Morgan fingerprint density at radius 3 is 2.44 bits per heavy atom. The molecule has 0 unspecified atom stereocenters. The van der Waals surface area contributed by atoms with E-state index in [2.05, 4.69) is 25.5 Å². The van der Waals surface area contributed by atoms with E-state index in [-0.39, 0.29) is 15.5 Å². The second-order valence-corrected chi connectivity index (χ2v) is 14.4. The van der Waals surface area contributed by atoms with Gasteiger partial charge >= 0.3 is 0 Å². The number of thiazole rings is 1. The Kier molecular flexibility index (Phi) is 7.80. The van der Waals surface area contributed by atoms with E-state index in [9.17, 15) is 16.8 Å². The average molecular weight is 582 g/mol. The summed E-state index contributed by atoms with van der Waals surface area (Å²) in [6.07, 6.45) is 10.6. The molecule has 3 heterocycles. The van der Waals surface area contributed by atoms with E-state index in [4.69, 9.17) is 0 Å². The zero-order chi connectivity index (χ0) is 27.5. The van der Waals surface area contributed by atoms with Crippen LogP contribution in [0.1, 0.15) is 16.1 Å². The largest absolute Gasteiger partial charge is 0.354 e. The number of sulfone groups is 2. The molecule has 202 valence electrons. The minimum absolute atomic E-state index is 0.0895. The van der Waals surface area contributed by atoms with E-state index in [1.54, 1.807) is 72.1 Å². The predicted octanol–water partition coefficient (Wildman–Crippen LogP) is 4.24. The van der Waals surface area contributed by atoms with Gasteiger partial charge in [-0.3, -0.25) is 4.98 Å². The number of rotatable bonds is 10. The van der Waals surface area contributed by atoms with Gasteiger partial charge < -0.3 is 15.5 Å². The van der Waals surface area contributed by atoms with Crippen LogP contribution >= 0.6 is 11.3 Å². The Balaban J connectivity index is 1.27. The molecule has 0 bridgehead atoms. The molecule has 0 atom stereocenters. The number of pyridine rings is 1. The summed E-state index contributed by atoms with van der Waals surface area (Å²) in [5, 5.41) is 8.35. The van der Waals surface area contributed by atoms with Gasteiger partial charge in [-0.2, -0.15) is 0 Å². The fourth-order valence-electron chi connectivity index (χ4n) is 4.05. The SMILES string of the molecule is CS(=O)(=O)CCNCc1ncc(N2C=Cc3cncc(Nc4ccc(S(=O)(=O)c5ccccc5)cc4)c3C2)s1. The van der Waals surface area contributed by atoms with Gasteiger partial charge in [0.1, 0.15) is 19.8 Å². The Labute approximate surface area is 232 Å². The van der Waals surface area contributed by atoms with Crippen LogP contribution in [0.3, 0.4) is 0 Å². The van der Waals surface area contributed by atoms with Crippen molar-refractivity contribution in [3.63, 3.8) is 0 Å². The van der Waals surface area contributed by atoms with Crippen molar-refractivity contribution in [3.05, 3.63) is 95.5 Å². The van der Waals surface area contributed by atoms with Gasteiger partial charge in [-0.25, -0.2) is 21.8 Å². The lowest BCUT2D eigenvalue weighted by Crippen LogP contribution is -2.21. The average Bonchev–Trinajstić information content (AvgIpc) is 3.40. The second-order valence-electron chi connectivity index (χ2n) is 9.06. The molecule has 2 N–H and O–H groups in total. The van der Waals surface area contributed by atoms with Gasteiger partial charge in [-0.05, 0) is 42.5 Å². The molecule has 0 fully saturated rings. The molecular formula is C27H27N5O4S3. The van der Waals surface area contributed by atoms with E-state index in [1.807, 2.05) is 24.7 Å². The van der Waals surface area contributed by atoms with E-state index < -0.39 is 19.7 Å². The van der Waals surface area contributed by atoms with E-state index in [0.29, 0.717) is 19.6 Å². The van der Waals surface area contributed by atoms with Crippen LogP contribution in [0.2, 0.25) is 0 Å². The lowest BCUT2D eigenvalue weighted by Gasteiger charge is -2.25. The normalized spacial score (nSPS) is 13.3. The predicted molar refractivity (Wildman–Crippen MR) is 155 cm³/mol. The molecular weight excluding hydrogens is 555 g/mol. The topological polar surface area (TPSA) is 121 Å². The van der Waals surface area contributed by atoms with Crippen LogP contribution in [0, 0.1) is 0 Å². The highest BCUT2D eigenvalue weighted by molar-refractivity contribution is 7.91. The van der Waals surface area contributed by atoms with Gasteiger partial charge in [0, 0.05) is 48.6 Å². The first-order chi connectivity index (χ1) is 18.7. The third-order valence-electron chi connectivity index (χ3n) is 6.10. The lowest BCUT2D eigenvalue weighted by atomic mass is 10.1. The third kappa shape index (κ3) is 6.53. The van der Waals surface area contributed by atoms with Crippen molar-refractivity contribution in [3.8, 4) is 0 Å². The van der Waals surface area contributed by atoms with E-state index in [1.165, 1.54) is 6.26 Å². The first-order valence-corrected chi connectivity index (χ1v) is 16.5. The van der Waals surface area contributed by atoms with Crippen molar-refractivity contribution < 1.29 is 16.8 Å². The molecule has 0 aliphatic carbocycles. The Hall–Kier alpha value is -3.58. The van der Waals surface area contributed by atoms with Crippen LogP contribution < -0.4 is 15.5 Å². The molecule has 12 heteroatoms. The molecule has 2 aromatic heterocycles.